The Hall–Kier alpha value is -1.56. The maximum absolute atomic E-state index is 12.6. The van der Waals surface area contributed by atoms with Crippen molar-refractivity contribution in [1.29, 1.82) is 0 Å². The summed E-state index contributed by atoms with van der Waals surface area (Å²) in [6.45, 7) is 5.72. The summed E-state index contributed by atoms with van der Waals surface area (Å²) >= 11 is 0. The third kappa shape index (κ3) is 4.20. The Morgan fingerprint density at radius 1 is 1.33 bits per heavy atom. The molecular weight excluding hydrogens is 288 g/mol. The molecule has 6 heteroatoms. The van der Waals surface area contributed by atoms with Crippen molar-refractivity contribution >= 4 is 21.4 Å². The lowest BCUT2D eigenvalue weighted by atomic mass is 10.1. The van der Waals surface area contributed by atoms with E-state index in [4.69, 9.17) is 5.73 Å². The van der Waals surface area contributed by atoms with Gasteiger partial charge in [-0.15, -0.1) is 0 Å². The maximum atomic E-state index is 12.6. The van der Waals surface area contributed by atoms with Crippen LogP contribution in [0, 0.1) is 0 Å². The van der Waals surface area contributed by atoms with Gasteiger partial charge in [0, 0.05) is 25.0 Å². The molecule has 5 nitrogen and oxygen atoms in total. The molecule has 0 radical (unpaired) electrons. The van der Waals surface area contributed by atoms with Gasteiger partial charge in [0.2, 0.25) is 5.91 Å². The van der Waals surface area contributed by atoms with Gasteiger partial charge in [0.15, 0.2) is 9.84 Å². The lowest BCUT2D eigenvalue weighted by Gasteiger charge is -2.30. The third-order valence-electron chi connectivity index (χ3n) is 3.55. The number of hydrogen-bond acceptors (Lipinski definition) is 4. The molecule has 1 rings (SSSR count). The summed E-state index contributed by atoms with van der Waals surface area (Å²) in [5.74, 6) is -0.380. The largest absolute Gasteiger partial charge is 0.399 e. The number of anilines is 1. The molecule has 1 aromatic rings. The molecule has 118 valence electrons. The molecule has 0 saturated carbocycles. The lowest BCUT2D eigenvalue weighted by molar-refractivity contribution is -0.133. The first-order valence-electron chi connectivity index (χ1n) is 6.93. The standard InChI is InChI=1S/C15H24N2O3S/c1-5-9-17(11-12-7-6-8-13(16)10-12)14(18)15(2,3)21(4,19)20/h6-8,10H,5,9,11,16H2,1-4H3. The van der Waals surface area contributed by atoms with Crippen LogP contribution in [0.15, 0.2) is 24.3 Å². The van der Waals surface area contributed by atoms with Crippen molar-refractivity contribution in [1.82, 2.24) is 4.90 Å². The molecule has 0 unspecified atom stereocenters. The molecule has 0 aliphatic heterocycles. The Morgan fingerprint density at radius 2 is 1.95 bits per heavy atom. The van der Waals surface area contributed by atoms with Gasteiger partial charge in [-0.25, -0.2) is 8.42 Å². The highest BCUT2D eigenvalue weighted by Crippen LogP contribution is 2.21. The molecule has 0 heterocycles. The second-order valence-electron chi connectivity index (χ2n) is 5.75. The molecule has 0 saturated heterocycles. The maximum Gasteiger partial charge on any atom is 0.243 e. The fourth-order valence-corrected chi connectivity index (χ4v) is 2.42. The number of benzene rings is 1. The van der Waals surface area contributed by atoms with Gasteiger partial charge in [-0.3, -0.25) is 4.79 Å². The first kappa shape index (κ1) is 17.5. The Kier molecular flexibility index (Phi) is 5.39. The van der Waals surface area contributed by atoms with Gasteiger partial charge in [-0.05, 0) is 38.0 Å². The smallest absolute Gasteiger partial charge is 0.243 e. The van der Waals surface area contributed by atoms with Crippen LogP contribution in [0.1, 0.15) is 32.8 Å². The van der Waals surface area contributed by atoms with Crippen LogP contribution in [-0.2, 0) is 21.2 Å². The van der Waals surface area contributed by atoms with Crippen molar-refractivity contribution in [2.75, 3.05) is 18.5 Å². The highest BCUT2D eigenvalue weighted by Gasteiger charge is 2.41. The zero-order valence-electron chi connectivity index (χ0n) is 13.1. The summed E-state index contributed by atoms with van der Waals surface area (Å²) in [5.41, 5.74) is 7.25. The third-order valence-corrected chi connectivity index (χ3v) is 5.58. The lowest BCUT2D eigenvalue weighted by Crippen LogP contribution is -2.49. The minimum Gasteiger partial charge on any atom is -0.399 e. The Balaban J connectivity index is 3.04. The summed E-state index contributed by atoms with van der Waals surface area (Å²) in [5, 5.41) is 0. The van der Waals surface area contributed by atoms with E-state index < -0.39 is 14.6 Å². The summed E-state index contributed by atoms with van der Waals surface area (Å²) in [6, 6.07) is 7.26. The van der Waals surface area contributed by atoms with E-state index in [2.05, 4.69) is 0 Å². The molecular formula is C15H24N2O3S. The van der Waals surface area contributed by atoms with E-state index in [0.717, 1.165) is 18.2 Å². The van der Waals surface area contributed by atoms with E-state index in [1.807, 2.05) is 19.1 Å². The van der Waals surface area contributed by atoms with Gasteiger partial charge < -0.3 is 10.6 Å². The topological polar surface area (TPSA) is 80.5 Å². The first-order valence-corrected chi connectivity index (χ1v) is 8.82. The van der Waals surface area contributed by atoms with Crippen molar-refractivity contribution in [2.45, 2.75) is 38.5 Å². The van der Waals surface area contributed by atoms with E-state index in [0.29, 0.717) is 18.8 Å². The Labute approximate surface area is 127 Å². The number of nitrogens with two attached hydrogens (primary N) is 1. The molecule has 0 aromatic heterocycles. The summed E-state index contributed by atoms with van der Waals surface area (Å²) in [7, 11) is -3.48. The fourth-order valence-electron chi connectivity index (χ4n) is 1.97. The van der Waals surface area contributed by atoms with Crippen LogP contribution in [0.5, 0.6) is 0 Å². The monoisotopic (exact) mass is 312 g/mol. The van der Waals surface area contributed by atoms with Crippen LogP contribution in [-0.4, -0.2) is 36.8 Å². The molecule has 1 amide bonds. The minimum absolute atomic E-state index is 0.358. The van der Waals surface area contributed by atoms with Crippen LogP contribution < -0.4 is 5.73 Å². The summed E-state index contributed by atoms with van der Waals surface area (Å²) < 4.78 is 22.3. The highest BCUT2D eigenvalue weighted by molar-refractivity contribution is 7.92. The van der Waals surface area contributed by atoms with E-state index in [1.165, 1.54) is 13.8 Å². The SMILES string of the molecule is CCCN(Cc1cccc(N)c1)C(=O)C(C)(C)S(C)(=O)=O. The molecule has 1 aromatic carbocycles. The van der Waals surface area contributed by atoms with E-state index in [-0.39, 0.29) is 5.91 Å². The first-order chi connectivity index (χ1) is 9.59. The number of sulfone groups is 1. The van der Waals surface area contributed by atoms with Crippen molar-refractivity contribution in [3.05, 3.63) is 29.8 Å². The number of nitrogens with zero attached hydrogens (tertiary/aromatic N) is 1. The second kappa shape index (κ2) is 6.47. The normalized spacial score (nSPS) is 12.2. The number of amides is 1. The van der Waals surface area contributed by atoms with E-state index >= 15 is 0 Å². The number of rotatable bonds is 6. The zero-order valence-corrected chi connectivity index (χ0v) is 13.9. The van der Waals surface area contributed by atoms with Gasteiger partial charge in [0.05, 0.1) is 0 Å². The van der Waals surface area contributed by atoms with Crippen LogP contribution in [0.2, 0.25) is 0 Å². The molecule has 0 aliphatic rings. The van der Waals surface area contributed by atoms with Crippen molar-refractivity contribution < 1.29 is 13.2 Å². The van der Waals surface area contributed by atoms with Crippen molar-refractivity contribution in [3.63, 3.8) is 0 Å². The molecule has 0 spiro atoms. The van der Waals surface area contributed by atoms with Gasteiger partial charge >= 0.3 is 0 Å². The highest BCUT2D eigenvalue weighted by atomic mass is 32.2. The summed E-state index contributed by atoms with van der Waals surface area (Å²) in [6.07, 6.45) is 1.85. The molecule has 21 heavy (non-hydrogen) atoms. The number of hydrogen-bond donors (Lipinski definition) is 1. The molecule has 0 aliphatic carbocycles. The molecule has 0 bridgehead atoms. The number of nitrogen functional groups attached to an aromatic ring is 1. The molecule has 0 fully saturated rings. The summed E-state index contributed by atoms with van der Waals surface area (Å²) in [4.78, 5) is 14.2. The minimum atomic E-state index is -3.48. The van der Waals surface area contributed by atoms with Crippen LogP contribution in [0.4, 0.5) is 5.69 Å². The quantitative estimate of drug-likeness (QED) is 0.813. The predicted molar refractivity (Wildman–Crippen MR) is 85.5 cm³/mol. The van der Waals surface area contributed by atoms with Gasteiger partial charge in [0.1, 0.15) is 4.75 Å². The molecule has 0 atom stereocenters. The average Bonchev–Trinajstić information content (AvgIpc) is 2.36. The van der Waals surface area contributed by atoms with Crippen LogP contribution in [0.25, 0.3) is 0 Å². The van der Waals surface area contributed by atoms with Gasteiger partial charge in [-0.2, -0.15) is 0 Å². The van der Waals surface area contributed by atoms with Crippen LogP contribution in [0.3, 0.4) is 0 Å². The second-order valence-corrected chi connectivity index (χ2v) is 8.32. The fraction of sp³-hybridized carbons (Fsp3) is 0.533. The number of carbonyl (C=O) groups excluding carboxylic acids is 1. The molecule has 2 N–H and O–H groups in total. The average molecular weight is 312 g/mol. The zero-order chi connectivity index (χ0) is 16.3. The van der Waals surface area contributed by atoms with E-state index in [9.17, 15) is 13.2 Å². The van der Waals surface area contributed by atoms with E-state index in [1.54, 1.807) is 17.0 Å². The van der Waals surface area contributed by atoms with Crippen molar-refractivity contribution in [3.8, 4) is 0 Å². The van der Waals surface area contributed by atoms with Crippen molar-refractivity contribution in [2.24, 2.45) is 0 Å². The van der Waals surface area contributed by atoms with Crippen LogP contribution >= 0.6 is 0 Å². The number of carbonyl (C=O) groups is 1. The van der Waals surface area contributed by atoms with Gasteiger partial charge in [0.25, 0.3) is 0 Å². The Morgan fingerprint density at radius 3 is 2.43 bits per heavy atom. The predicted octanol–water partition coefficient (Wildman–Crippen LogP) is 1.83. The van der Waals surface area contributed by atoms with Gasteiger partial charge in [-0.1, -0.05) is 19.1 Å². The Bertz CT molecular complexity index is 609.